The number of hydrogen-bond donors (Lipinski definition) is 3. The molecule has 3 atom stereocenters. The van der Waals surface area contributed by atoms with Crippen LogP contribution in [-0.2, 0) is 4.79 Å². The number of aliphatic hydroxyl groups excluding tert-OH is 1. The van der Waals surface area contributed by atoms with Crippen LogP contribution in [0.5, 0.6) is 0 Å². The lowest BCUT2D eigenvalue weighted by Gasteiger charge is -2.35. The highest BCUT2D eigenvalue weighted by Gasteiger charge is 2.31. The van der Waals surface area contributed by atoms with E-state index in [1.54, 1.807) is 0 Å². The molecule has 2 unspecified atom stereocenters. The van der Waals surface area contributed by atoms with Gasteiger partial charge in [-0.3, -0.25) is 9.69 Å². The first-order valence-corrected chi connectivity index (χ1v) is 11.3. The molecule has 32 heavy (non-hydrogen) atoms. The van der Waals surface area contributed by atoms with Crippen molar-refractivity contribution in [3.05, 3.63) is 47.0 Å². The molecule has 2 aromatic rings. The second-order valence-corrected chi connectivity index (χ2v) is 8.90. The normalized spacial score (nSPS) is 24.0. The van der Waals surface area contributed by atoms with E-state index in [4.69, 9.17) is 17.3 Å². The number of likely N-dealkylation sites (tertiary alicyclic amines) is 1. The average Bonchev–Trinajstić information content (AvgIpc) is 3.24. The molecule has 1 amide bonds. The van der Waals surface area contributed by atoms with Gasteiger partial charge < -0.3 is 21.1 Å². The summed E-state index contributed by atoms with van der Waals surface area (Å²) in [7, 11) is 0. The number of carbonyl (C=O) groups excluding carboxylic acids is 1. The smallest absolute Gasteiger partial charge is 0.231 e. The quantitative estimate of drug-likeness (QED) is 0.578. The predicted octanol–water partition coefficient (Wildman–Crippen LogP) is 2.19. The van der Waals surface area contributed by atoms with E-state index in [2.05, 4.69) is 15.3 Å². The van der Waals surface area contributed by atoms with E-state index < -0.39 is 17.8 Å². The van der Waals surface area contributed by atoms with Crippen LogP contribution in [0, 0.1) is 11.7 Å². The summed E-state index contributed by atoms with van der Waals surface area (Å²) in [5.41, 5.74) is 6.31. The standard InChI is InChI=1S/C22H28ClFN6O2/c23-16-5-3-14(4-6-16)17-2-1-8-30(17)22-20(24)21(27-13-28-22)26-10-15-7-9-29(11-18(15)31)12-19(25)32/h3-6,13,15,17-18,31H,1-2,7-12H2,(H2,25,32)(H,26,27,28)/t15?,17-,18?/m0/s1. The summed E-state index contributed by atoms with van der Waals surface area (Å²) in [6, 6.07) is 7.65. The lowest BCUT2D eigenvalue weighted by Crippen LogP contribution is -2.48. The number of primary amides is 1. The monoisotopic (exact) mass is 462 g/mol. The SMILES string of the molecule is NC(=O)CN1CCC(CNc2ncnc(N3CCC[C@H]3c3ccc(Cl)cc3)c2F)C(O)C1. The zero-order valence-corrected chi connectivity index (χ0v) is 18.5. The Kier molecular flexibility index (Phi) is 7.07. The van der Waals surface area contributed by atoms with Crippen LogP contribution >= 0.6 is 11.6 Å². The molecule has 10 heteroatoms. The molecule has 172 valence electrons. The van der Waals surface area contributed by atoms with Crippen molar-refractivity contribution in [1.29, 1.82) is 0 Å². The largest absolute Gasteiger partial charge is 0.391 e. The molecule has 2 aliphatic heterocycles. The van der Waals surface area contributed by atoms with E-state index in [1.807, 2.05) is 34.1 Å². The molecule has 8 nitrogen and oxygen atoms in total. The van der Waals surface area contributed by atoms with Crippen LogP contribution in [-0.4, -0.2) is 64.7 Å². The number of nitrogens with zero attached hydrogens (tertiary/aromatic N) is 4. The van der Waals surface area contributed by atoms with Gasteiger partial charge in [0.05, 0.1) is 18.7 Å². The zero-order valence-electron chi connectivity index (χ0n) is 17.8. The van der Waals surface area contributed by atoms with Gasteiger partial charge in [-0.2, -0.15) is 4.39 Å². The van der Waals surface area contributed by atoms with E-state index >= 15 is 4.39 Å². The van der Waals surface area contributed by atoms with Crippen LogP contribution in [0.4, 0.5) is 16.0 Å². The van der Waals surface area contributed by atoms with Crippen molar-refractivity contribution in [2.24, 2.45) is 11.7 Å². The topological polar surface area (TPSA) is 108 Å². The maximum atomic E-state index is 15.4. The van der Waals surface area contributed by atoms with Gasteiger partial charge in [-0.1, -0.05) is 23.7 Å². The molecule has 2 fully saturated rings. The highest BCUT2D eigenvalue weighted by molar-refractivity contribution is 6.30. The highest BCUT2D eigenvalue weighted by Crippen LogP contribution is 2.37. The number of amides is 1. The number of nitrogens with one attached hydrogen (secondary N) is 1. The molecule has 2 aliphatic rings. The van der Waals surface area contributed by atoms with Crippen molar-refractivity contribution >= 4 is 29.1 Å². The molecule has 2 saturated heterocycles. The van der Waals surface area contributed by atoms with E-state index in [9.17, 15) is 9.90 Å². The Labute approximate surface area is 191 Å². The summed E-state index contributed by atoms with van der Waals surface area (Å²) in [6.07, 6.45) is 3.25. The Bertz CT molecular complexity index is 947. The van der Waals surface area contributed by atoms with Crippen molar-refractivity contribution in [2.45, 2.75) is 31.4 Å². The Morgan fingerprint density at radius 1 is 1.25 bits per heavy atom. The van der Waals surface area contributed by atoms with E-state index in [-0.39, 0.29) is 30.1 Å². The fourth-order valence-electron chi connectivity index (χ4n) is 4.61. The molecule has 0 spiro atoms. The van der Waals surface area contributed by atoms with Gasteiger partial charge in [0, 0.05) is 30.6 Å². The third-order valence-corrected chi connectivity index (χ3v) is 6.52. The number of carbonyl (C=O) groups is 1. The van der Waals surface area contributed by atoms with Crippen LogP contribution in [0.2, 0.25) is 5.02 Å². The molecule has 1 aromatic carbocycles. The minimum Gasteiger partial charge on any atom is -0.391 e. The Morgan fingerprint density at radius 2 is 2.03 bits per heavy atom. The average molecular weight is 463 g/mol. The van der Waals surface area contributed by atoms with Crippen LogP contribution in [0.3, 0.4) is 0 Å². The Balaban J connectivity index is 1.43. The van der Waals surface area contributed by atoms with Gasteiger partial charge in [0.2, 0.25) is 11.7 Å². The number of aromatic nitrogens is 2. The van der Waals surface area contributed by atoms with Gasteiger partial charge in [-0.05, 0) is 43.5 Å². The summed E-state index contributed by atoms with van der Waals surface area (Å²) in [5, 5.41) is 14.2. The molecular formula is C22H28ClFN6O2. The van der Waals surface area contributed by atoms with Crippen molar-refractivity contribution in [1.82, 2.24) is 14.9 Å². The Hall–Kier alpha value is -2.49. The number of β-amino-alcohol motifs (C(OH)–C–C–N with tert-alkyl or cyclic N) is 1. The van der Waals surface area contributed by atoms with E-state index in [1.165, 1.54) is 6.33 Å². The van der Waals surface area contributed by atoms with Crippen LogP contribution in [0.25, 0.3) is 0 Å². The van der Waals surface area contributed by atoms with Crippen LogP contribution < -0.4 is 16.0 Å². The summed E-state index contributed by atoms with van der Waals surface area (Å²) in [4.78, 5) is 23.2. The van der Waals surface area contributed by atoms with Gasteiger partial charge in [0.15, 0.2) is 11.6 Å². The zero-order chi connectivity index (χ0) is 22.7. The summed E-state index contributed by atoms with van der Waals surface area (Å²) < 4.78 is 15.4. The molecule has 0 saturated carbocycles. The number of aliphatic hydroxyl groups is 1. The number of benzene rings is 1. The lowest BCUT2D eigenvalue weighted by atomic mass is 9.93. The van der Waals surface area contributed by atoms with Crippen LogP contribution in [0.15, 0.2) is 30.6 Å². The first kappa shape index (κ1) is 22.7. The molecule has 3 heterocycles. The van der Waals surface area contributed by atoms with Gasteiger partial charge in [0.25, 0.3) is 0 Å². The third kappa shape index (κ3) is 5.11. The van der Waals surface area contributed by atoms with Gasteiger partial charge in [0.1, 0.15) is 6.33 Å². The van der Waals surface area contributed by atoms with Crippen molar-refractivity contribution in [3.8, 4) is 0 Å². The Morgan fingerprint density at radius 3 is 2.75 bits per heavy atom. The third-order valence-electron chi connectivity index (χ3n) is 6.27. The van der Waals surface area contributed by atoms with Crippen molar-refractivity contribution in [3.63, 3.8) is 0 Å². The summed E-state index contributed by atoms with van der Waals surface area (Å²) in [5.74, 6) is -0.581. The molecule has 4 N–H and O–H groups in total. The maximum Gasteiger partial charge on any atom is 0.231 e. The lowest BCUT2D eigenvalue weighted by molar-refractivity contribution is -0.120. The molecule has 0 radical (unpaired) electrons. The van der Waals surface area contributed by atoms with Crippen molar-refractivity contribution in [2.75, 3.05) is 42.9 Å². The number of rotatable bonds is 7. The minimum atomic E-state index is -0.632. The van der Waals surface area contributed by atoms with E-state index in [0.29, 0.717) is 37.6 Å². The number of halogens is 2. The van der Waals surface area contributed by atoms with Crippen LogP contribution in [0.1, 0.15) is 30.9 Å². The minimum absolute atomic E-state index is 0.0286. The first-order chi connectivity index (χ1) is 15.4. The number of piperidine rings is 1. The van der Waals surface area contributed by atoms with Gasteiger partial charge in [-0.25, -0.2) is 9.97 Å². The molecular weight excluding hydrogens is 435 g/mol. The van der Waals surface area contributed by atoms with E-state index in [0.717, 1.165) is 18.4 Å². The fourth-order valence-corrected chi connectivity index (χ4v) is 4.74. The van der Waals surface area contributed by atoms with Crippen molar-refractivity contribution < 1.29 is 14.3 Å². The molecule has 0 bridgehead atoms. The summed E-state index contributed by atoms with van der Waals surface area (Å²) in [6.45, 7) is 2.23. The molecule has 0 aliphatic carbocycles. The van der Waals surface area contributed by atoms with Gasteiger partial charge in [-0.15, -0.1) is 0 Å². The number of nitrogens with two attached hydrogens (primary N) is 1. The number of hydrogen-bond acceptors (Lipinski definition) is 7. The number of anilines is 2. The second-order valence-electron chi connectivity index (χ2n) is 8.46. The van der Waals surface area contributed by atoms with Gasteiger partial charge >= 0.3 is 0 Å². The first-order valence-electron chi connectivity index (χ1n) is 10.9. The second kappa shape index (κ2) is 9.97. The fraction of sp³-hybridized carbons (Fsp3) is 0.500. The highest BCUT2D eigenvalue weighted by atomic mass is 35.5. The summed E-state index contributed by atoms with van der Waals surface area (Å²) >= 11 is 6.01. The molecule has 1 aromatic heterocycles. The molecule has 4 rings (SSSR count). The predicted molar refractivity (Wildman–Crippen MR) is 121 cm³/mol. The maximum absolute atomic E-state index is 15.4.